The summed E-state index contributed by atoms with van der Waals surface area (Å²) in [6.07, 6.45) is 7.89. The van der Waals surface area contributed by atoms with Crippen molar-refractivity contribution in [3.8, 4) is 0 Å². The molecule has 1 N–H and O–H groups in total. The maximum atomic E-state index is 12.1. The van der Waals surface area contributed by atoms with E-state index in [1.807, 2.05) is 4.90 Å². The first-order valence-electron chi connectivity index (χ1n) is 8.50. The van der Waals surface area contributed by atoms with Crippen molar-refractivity contribution in [2.75, 3.05) is 26.2 Å². The quantitative estimate of drug-likeness (QED) is 0.921. The highest BCUT2D eigenvalue weighted by Crippen LogP contribution is 2.32. The SMILES string of the molecule is O=C(NCC1OCCc2cn(CC3CC3)nc21)N1CCCC1. The van der Waals surface area contributed by atoms with Crippen LogP contribution in [-0.2, 0) is 17.7 Å². The average molecular weight is 304 g/mol. The first-order chi connectivity index (χ1) is 10.8. The molecule has 0 radical (unpaired) electrons. The van der Waals surface area contributed by atoms with E-state index in [9.17, 15) is 4.79 Å². The minimum atomic E-state index is -0.101. The molecule has 1 aliphatic carbocycles. The van der Waals surface area contributed by atoms with Crippen LogP contribution in [0.5, 0.6) is 0 Å². The summed E-state index contributed by atoms with van der Waals surface area (Å²) in [6.45, 7) is 4.01. The van der Waals surface area contributed by atoms with Gasteiger partial charge in [0.15, 0.2) is 0 Å². The van der Waals surface area contributed by atoms with Gasteiger partial charge in [-0.3, -0.25) is 4.68 Å². The van der Waals surface area contributed by atoms with Crippen molar-refractivity contribution in [2.45, 2.75) is 44.8 Å². The molecule has 2 amide bonds. The summed E-state index contributed by atoms with van der Waals surface area (Å²) in [7, 11) is 0. The van der Waals surface area contributed by atoms with Crippen molar-refractivity contribution in [3.63, 3.8) is 0 Å². The topological polar surface area (TPSA) is 59.4 Å². The molecule has 6 heteroatoms. The molecule has 3 heterocycles. The van der Waals surface area contributed by atoms with Crippen molar-refractivity contribution in [1.29, 1.82) is 0 Å². The number of likely N-dealkylation sites (tertiary alicyclic amines) is 1. The van der Waals surface area contributed by atoms with Crippen LogP contribution in [0.25, 0.3) is 0 Å². The van der Waals surface area contributed by atoms with E-state index < -0.39 is 0 Å². The molecule has 0 aromatic carbocycles. The summed E-state index contributed by atoms with van der Waals surface area (Å²) in [4.78, 5) is 14.0. The second kappa shape index (κ2) is 5.91. The minimum absolute atomic E-state index is 0.0330. The van der Waals surface area contributed by atoms with Crippen molar-refractivity contribution in [3.05, 3.63) is 17.5 Å². The average Bonchev–Trinajstić information content (AvgIpc) is 3.03. The van der Waals surface area contributed by atoms with Gasteiger partial charge in [0.1, 0.15) is 6.10 Å². The number of rotatable bonds is 4. The molecule has 1 aromatic heterocycles. The van der Waals surface area contributed by atoms with Crippen LogP contribution in [0.4, 0.5) is 4.79 Å². The molecule has 0 spiro atoms. The second-order valence-electron chi connectivity index (χ2n) is 6.69. The predicted molar refractivity (Wildman–Crippen MR) is 81.6 cm³/mol. The van der Waals surface area contributed by atoms with Gasteiger partial charge in [0.25, 0.3) is 0 Å². The molecule has 1 atom stereocenters. The molecule has 2 fully saturated rings. The lowest BCUT2D eigenvalue weighted by molar-refractivity contribution is 0.0403. The first kappa shape index (κ1) is 14.1. The van der Waals surface area contributed by atoms with E-state index in [0.717, 1.165) is 50.5 Å². The number of ether oxygens (including phenoxy) is 1. The van der Waals surface area contributed by atoms with Crippen molar-refractivity contribution in [1.82, 2.24) is 20.0 Å². The normalized spacial score (nSPS) is 24.4. The zero-order valence-corrected chi connectivity index (χ0v) is 13.0. The van der Waals surface area contributed by atoms with Crippen LogP contribution in [0.3, 0.4) is 0 Å². The van der Waals surface area contributed by atoms with Crippen molar-refractivity contribution < 1.29 is 9.53 Å². The number of hydrogen-bond donors (Lipinski definition) is 1. The molecular weight excluding hydrogens is 280 g/mol. The van der Waals surface area contributed by atoms with E-state index in [2.05, 4.69) is 16.2 Å². The van der Waals surface area contributed by atoms with E-state index >= 15 is 0 Å². The maximum absolute atomic E-state index is 12.1. The molecule has 22 heavy (non-hydrogen) atoms. The fourth-order valence-electron chi connectivity index (χ4n) is 3.36. The molecular formula is C16H24N4O2. The standard InChI is InChI=1S/C16H24N4O2/c21-16(19-6-1-2-7-19)17-9-14-15-13(5-8-22-14)11-20(18-15)10-12-3-4-12/h11-12,14H,1-10H2,(H,17,21). The Kier molecular flexibility index (Phi) is 3.78. The van der Waals surface area contributed by atoms with E-state index in [0.29, 0.717) is 13.2 Å². The first-order valence-corrected chi connectivity index (χ1v) is 8.50. The van der Waals surface area contributed by atoms with E-state index in [1.54, 1.807) is 0 Å². The third-order valence-electron chi connectivity index (χ3n) is 4.84. The number of fused-ring (bicyclic) bond motifs is 1. The van der Waals surface area contributed by atoms with Gasteiger partial charge in [-0.15, -0.1) is 0 Å². The van der Waals surface area contributed by atoms with Crippen molar-refractivity contribution in [2.24, 2.45) is 5.92 Å². The Morgan fingerprint density at radius 3 is 2.95 bits per heavy atom. The number of nitrogens with zero attached hydrogens (tertiary/aromatic N) is 3. The zero-order valence-electron chi connectivity index (χ0n) is 13.0. The lowest BCUT2D eigenvalue weighted by Crippen LogP contribution is -2.40. The fourth-order valence-corrected chi connectivity index (χ4v) is 3.36. The van der Waals surface area contributed by atoms with Gasteiger partial charge < -0.3 is 15.0 Å². The molecule has 1 saturated heterocycles. The third-order valence-corrected chi connectivity index (χ3v) is 4.84. The highest BCUT2D eigenvalue weighted by atomic mass is 16.5. The van der Waals surface area contributed by atoms with Crippen LogP contribution >= 0.6 is 0 Å². The summed E-state index contributed by atoms with van der Waals surface area (Å²) in [5.41, 5.74) is 2.31. The van der Waals surface area contributed by atoms with Gasteiger partial charge in [-0.25, -0.2) is 4.79 Å². The summed E-state index contributed by atoms with van der Waals surface area (Å²) in [6, 6.07) is 0.0330. The minimum Gasteiger partial charge on any atom is -0.370 e. The van der Waals surface area contributed by atoms with Gasteiger partial charge in [-0.1, -0.05) is 0 Å². The number of amides is 2. The Balaban J connectivity index is 1.38. The van der Waals surface area contributed by atoms with Crippen LogP contribution in [0.1, 0.15) is 43.0 Å². The van der Waals surface area contributed by atoms with Crippen LogP contribution in [0, 0.1) is 5.92 Å². The monoisotopic (exact) mass is 304 g/mol. The molecule has 0 bridgehead atoms. The van der Waals surface area contributed by atoms with Gasteiger partial charge >= 0.3 is 6.03 Å². The lowest BCUT2D eigenvalue weighted by Gasteiger charge is -2.24. The summed E-state index contributed by atoms with van der Waals surface area (Å²) >= 11 is 0. The fraction of sp³-hybridized carbons (Fsp3) is 0.750. The van der Waals surface area contributed by atoms with Crippen LogP contribution in [-0.4, -0.2) is 47.0 Å². The Morgan fingerprint density at radius 1 is 1.36 bits per heavy atom. The molecule has 6 nitrogen and oxygen atoms in total. The zero-order chi connectivity index (χ0) is 14.9. The molecule has 1 aromatic rings. The number of carbonyl (C=O) groups excluding carboxylic acids is 1. The van der Waals surface area contributed by atoms with E-state index in [4.69, 9.17) is 9.84 Å². The molecule has 4 rings (SSSR count). The highest BCUT2D eigenvalue weighted by molar-refractivity contribution is 5.74. The Morgan fingerprint density at radius 2 is 2.18 bits per heavy atom. The number of aromatic nitrogens is 2. The Hall–Kier alpha value is -1.56. The summed E-state index contributed by atoms with van der Waals surface area (Å²) in [5, 5.41) is 7.72. The van der Waals surface area contributed by atoms with Gasteiger partial charge in [0, 0.05) is 25.8 Å². The lowest BCUT2D eigenvalue weighted by atomic mass is 10.1. The second-order valence-corrected chi connectivity index (χ2v) is 6.69. The van der Waals surface area contributed by atoms with Gasteiger partial charge in [-0.2, -0.15) is 5.10 Å². The molecule has 2 aliphatic heterocycles. The van der Waals surface area contributed by atoms with Crippen LogP contribution in [0.15, 0.2) is 6.20 Å². The Labute approximate surface area is 130 Å². The molecule has 120 valence electrons. The summed E-state index contributed by atoms with van der Waals surface area (Å²) in [5.74, 6) is 0.815. The van der Waals surface area contributed by atoms with Crippen molar-refractivity contribution >= 4 is 6.03 Å². The van der Waals surface area contributed by atoms with Gasteiger partial charge in [0.05, 0.1) is 18.8 Å². The number of hydrogen-bond acceptors (Lipinski definition) is 3. The predicted octanol–water partition coefficient (Wildman–Crippen LogP) is 1.71. The summed E-state index contributed by atoms with van der Waals surface area (Å²) < 4.78 is 7.92. The smallest absolute Gasteiger partial charge is 0.317 e. The highest BCUT2D eigenvalue weighted by Gasteiger charge is 2.28. The number of nitrogens with one attached hydrogen (secondary N) is 1. The van der Waals surface area contributed by atoms with E-state index in [-0.39, 0.29) is 12.1 Å². The number of urea groups is 1. The maximum Gasteiger partial charge on any atom is 0.317 e. The van der Waals surface area contributed by atoms with E-state index in [1.165, 1.54) is 18.4 Å². The largest absolute Gasteiger partial charge is 0.370 e. The van der Waals surface area contributed by atoms with Gasteiger partial charge in [0.2, 0.25) is 0 Å². The third kappa shape index (κ3) is 2.97. The molecule has 3 aliphatic rings. The number of carbonyl (C=O) groups is 1. The van der Waals surface area contributed by atoms with Crippen LogP contribution < -0.4 is 5.32 Å². The van der Waals surface area contributed by atoms with Crippen LogP contribution in [0.2, 0.25) is 0 Å². The Bertz CT molecular complexity index is 546. The molecule has 1 saturated carbocycles. The molecule has 1 unspecified atom stereocenters. The van der Waals surface area contributed by atoms with Gasteiger partial charge in [-0.05, 0) is 43.6 Å².